The molecule has 2 heterocycles. The maximum Gasteiger partial charge on any atom is 0.303 e. The molecule has 3 N–H and O–H groups in total. The zero-order valence-corrected chi connectivity index (χ0v) is 20.9. The quantitative estimate of drug-likeness (QED) is 0.477. The Labute approximate surface area is 206 Å². The van der Waals surface area contributed by atoms with E-state index >= 15 is 0 Å². The van der Waals surface area contributed by atoms with Gasteiger partial charge in [-0.3, -0.25) is 9.59 Å². The van der Waals surface area contributed by atoms with Gasteiger partial charge in [-0.05, 0) is 92.9 Å². The SMILES string of the molecule is CCCSc1nc(N2CCC[C@H](CC(=O)O)C2)ccc1C(=O)NC1[C@@H]2CC3C[C@@H]1CC(O)(C3)C2. The Morgan fingerprint density at radius 2 is 2.00 bits per heavy atom. The maximum absolute atomic E-state index is 13.5. The van der Waals surface area contributed by atoms with E-state index in [-0.39, 0.29) is 24.3 Å². The van der Waals surface area contributed by atoms with Crippen molar-refractivity contribution in [1.29, 1.82) is 0 Å². The molecule has 5 fully saturated rings. The molecular formula is C26H37N3O4S. The highest BCUT2D eigenvalue weighted by Crippen LogP contribution is 2.55. The second-order valence-electron chi connectivity index (χ2n) is 11.1. The molecule has 186 valence electrons. The topological polar surface area (TPSA) is 103 Å². The van der Waals surface area contributed by atoms with Crippen LogP contribution in [0.3, 0.4) is 0 Å². The molecule has 8 heteroatoms. The third-order valence-electron chi connectivity index (χ3n) is 8.38. The second-order valence-corrected chi connectivity index (χ2v) is 12.2. The number of nitrogens with zero attached hydrogens (tertiary/aromatic N) is 2. The Hall–Kier alpha value is -1.80. The zero-order chi connectivity index (χ0) is 23.9. The normalized spacial score (nSPS) is 34.3. The highest BCUT2D eigenvalue weighted by atomic mass is 32.2. The summed E-state index contributed by atoms with van der Waals surface area (Å²) < 4.78 is 0. The highest BCUT2D eigenvalue weighted by Gasteiger charge is 2.55. The summed E-state index contributed by atoms with van der Waals surface area (Å²) in [6.45, 7) is 3.68. The summed E-state index contributed by atoms with van der Waals surface area (Å²) in [6, 6.07) is 3.97. The van der Waals surface area contributed by atoms with Gasteiger partial charge in [0, 0.05) is 25.6 Å². The first kappa shape index (κ1) is 23.9. The van der Waals surface area contributed by atoms with Gasteiger partial charge in [0.05, 0.1) is 11.2 Å². The minimum Gasteiger partial charge on any atom is -0.481 e. The summed E-state index contributed by atoms with van der Waals surface area (Å²) in [6.07, 6.45) is 7.86. The highest BCUT2D eigenvalue weighted by molar-refractivity contribution is 7.99. The van der Waals surface area contributed by atoms with Gasteiger partial charge in [-0.2, -0.15) is 0 Å². The average molecular weight is 488 g/mol. The minimum atomic E-state index is -0.747. The van der Waals surface area contributed by atoms with Crippen molar-refractivity contribution >= 4 is 29.5 Å². The van der Waals surface area contributed by atoms with Crippen molar-refractivity contribution in [3.63, 3.8) is 0 Å². The van der Waals surface area contributed by atoms with E-state index in [0.717, 1.165) is 74.5 Å². The fourth-order valence-corrected chi connectivity index (χ4v) is 8.09. The summed E-state index contributed by atoms with van der Waals surface area (Å²) in [5.74, 6) is 2.42. The number of pyridine rings is 1. The number of rotatable bonds is 8. The van der Waals surface area contributed by atoms with Gasteiger partial charge in [0.15, 0.2) is 0 Å². The summed E-state index contributed by atoms with van der Waals surface area (Å²) in [5, 5.41) is 24.2. The van der Waals surface area contributed by atoms with Crippen molar-refractivity contribution in [2.45, 2.75) is 81.4 Å². The molecule has 4 aliphatic carbocycles. The van der Waals surface area contributed by atoms with Crippen LogP contribution in [0.4, 0.5) is 5.82 Å². The lowest BCUT2D eigenvalue weighted by atomic mass is 9.52. The Bertz CT molecular complexity index is 925. The standard InChI is InChI=1S/C26H37N3O4S/c1-2-8-34-25-20(5-6-21(27-25)29-7-3-4-16(15-29)11-22(30)31)24(32)28-23-18-9-17-10-19(23)14-26(33,12-17)13-18/h5-6,16-19,23,33H,2-4,7-15H2,1H3,(H,28,32)(H,30,31)/t16-,17?,18-,19-,23?,26?/m1/s1. The Kier molecular flexibility index (Phi) is 6.81. The van der Waals surface area contributed by atoms with Crippen molar-refractivity contribution in [3.8, 4) is 0 Å². The predicted octanol–water partition coefficient (Wildman–Crippen LogP) is 3.94. The molecule has 1 aromatic rings. The van der Waals surface area contributed by atoms with Gasteiger partial charge >= 0.3 is 5.97 Å². The van der Waals surface area contributed by atoms with Crippen LogP contribution in [-0.4, -0.2) is 57.6 Å². The number of amides is 1. The molecule has 7 nitrogen and oxygen atoms in total. The molecule has 0 unspecified atom stereocenters. The van der Waals surface area contributed by atoms with Gasteiger partial charge in [-0.25, -0.2) is 4.98 Å². The minimum absolute atomic E-state index is 0.0514. The Morgan fingerprint density at radius 1 is 1.24 bits per heavy atom. The number of carbonyl (C=O) groups is 2. The van der Waals surface area contributed by atoms with Crippen LogP contribution in [0.2, 0.25) is 0 Å². The van der Waals surface area contributed by atoms with E-state index in [1.165, 1.54) is 0 Å². The number of aliphatic carboxylic acids is 1. The molecule has 1 saturated heterocycles. The van der Waals surface area contributed by atoms with Crippen LogP contribution < -0.4 is 10.2 Å². The van der Waals surface area contributed by atoms with Gasteiger partial charge in [-0.1, -0.05) is 6.92 Å². The Balaban J connectivity index is 1.32. The van der Waals surface area contributed by atoms with E-state index in [4.69, 9.17) is 4.98 Å². The molecule has 4 bridgehead atoms. The van der Waals surface area contributed by atoms with Crippen molar-refractivity contribution in [1.82, 2.24) is 10.3 Å². The van der Waals surface area contributed by atoms with Crippen molar-refractivity contribution in [2.75, 3.05) is 23.7 Å². The van der Waals surface area contributed by atoms with Crippen LogP contribution in [0, 0.1) is 23.7 Å². The largest absolute Gasteiger partial charge is 0.481 e. The number of aliphatic hydroxyl groups is 1. The Morgan fingerprint density at radius 3 is 2.68 bits per heavy atom. The van der Waals surface area contributed by atoms with Crippen LogP contribution in [0.15, 0.2) is 17.2 Å². The van der Waals surface area contributed by atoms with Crippen LogP contribution in [0.25, 0.3) is 0 Å². The fraction of sp³-hybridized carbons (Fsp3) is 0.731. The third-order valence-corrected chi connectivity index (χ3v) is 9.57. The lowest BCUT2D eigenvalue weighted by Crippen LogP contribution is -2.61. The number of carboxylic acid groups (broad SMARTS) is 1. The van der Waals surface area contributed by atoms with Gasteiger partial charge in [0.2, 0.25) is 0 Å². The van der Waals surface area contributed by atoms with E-state index in [2.05, 4.69) is 17.1 Å². The molecule has 1 aliphatic heterocycles. The van der Waals surface area contributed by atoms with Gasteiger partial charge in [0.25, 0.3) is 5.91 Å². The first-order valence-electron chi connectivity index (χ1n) is 13.0. The predicted molar refractivity (Wildman–Crippen MR) is 132 cm³/mol. The van der Waals surface area contributed by atoms with Crippen LogP contribution >= 0.6 is 11.8 Å². The molecule has 4 saturated carbocycles. The lowest BCUT2D eigenvalue weighted by Gasteiger charge is -2.58. The number of carbonyl (C=O) groups excluding carboxylic acids is 1. The molecule has 5 aliphatic rings. The number of piperidine rings is 1. The van der Waals surface area contributed by atoms with E-state index in [1.807, 2.05) is 12.1 Å². The molecule has 6 rings (SSSR count). The van der Waals surface area contributed by atoms with E-state index in [0.29, 0.717) is 29.9 Å². The average Bonchev–Trinajstić information content (AvgIpc) is 2.78. The molecular weight excluding hydrogens is 450 g/mol. The third kappa shape index (κ3) is 4.94. The van der Waals surface area contributed by atoms with E-state index in [9.17, 15) is 19.8 Å². The lowest BCUT2D eigenvalue weighted by molar-refractivity contribution is -0.138. The van der Waals surface area contributed by atoms with Gasteiger partial charge in [-0.15, -0.1) is 11.8 Å². The first-order chi connectivity index (χ1) is 16.3. The van der Waals surface area contributed by atoms with E-state index in [1.54, 1.807) is 11.8 Å². The number of hydrogen-bond acceptors (Lipinski definition) is 6. The maximum atomic E-state index is 13.5. The number of aromatic nitrogens is 1. The number of nitrogens with one attached hydrogen (secondary N) is 1. The fourth-order valence-electron chi connectivity index (χ4n) is 7.22. The molecule has 1 amide bonds. The van der Waals surface area contributed by atoms with E-state index < -0.39 is 11.6 Å². The van der Waals surface area contributed by atoms with Gasteiger partial charge < -0.3 is 20.4 Å². The summed E-state index contributed by atoms with van der Waals surface area (Å²) in [4.78, 5) is 31.7. The monoisotopic (exact) mass is 487 g/mol. The molecule has 0 spiro atoms. The summed E-state index contributed by atoms with van der Waals surface area (Å²) in [5.41, 5.74) is 0.129. The van der Waals surface area contributed by atoms with Crippen molar-refractivity contribution < 1.29 is 19.8 Å². The number of thioether (sulfide) groups is 1. The number of hydrogen-bond donors (Lipinski definition) is 3. The van der Waals surface area contributed by atoms with Crippen molar-refractivity contribution in [3.05, 3.63) is 17.7 Å². The van der Waals surface area contributed by atoms with Crippen LogP contribution in [0.1, 0.15) is 75.1 Å². The smallest absolute Gasteiger partial charge is 0.303 e. The number of anilines is 1. The van der Waals surface area contributed by atoms with Crippen LogP contribution in [-0.2, 0) is 4.79 Å². The zero-order valence-electron chi connectivity index (χ0n) is 20.0. The first-order valence-corrected chi connectivity index (χ1v) is 14.0. The molecule has 0 radical (unpaired) electrons. The molecule has 1 aromatic heterocycles. The summed E-state index contributed by atoms with van der Waals surface area (Å²) >= 11 is 1.62. The molecule has 34 heavy (non-hydrogen) atoms. The van der Waals surface area contributed by atoms with Gasteiger partial charge in [0.1, 0.15) is 10.8 Å². The van der Waals surface area contributed by atoms with Crippen molar-refractivity contribution in [2.24, 2.45) is 23.7 Å². The second kappa shape index (κ2) is 9.69. The van der Waals surface area contributed by atoms with Crippen LogP contribution in [0.5, 0.6) is 0 Å². The molecule has 0 aromatic carbocycles. The number of carboxylic acids is 1. The molecule has 3 atom stereocenters. The summed E-state index contributed by atoms with van der Waals surface area (Å²) in [7, 11) is 0.